The van der Waals surface area contributed by atoms with Gasteiger partial charge in [0.1, 0.15) is 11.6 Å². The van der Waals surface area contributed by atoms with Gasteiger partial charge in [-0.15, -0.1) is 0 Å². The molecule has 0 saturated carbocycles. The summed E-state index contributed by atoms with van der Waals surface area (Å²) in [4.78, 5) is 11.6. The number of benzene rings is 2. The zero-order valence-electron chi connectivity index (χ0n) is 18.3. The zero-order valence-corrected chi connectivity index (χ0v) is 18.3. The summed E-state index contributed by atoms with van der Waals surface area (Å²) in [6.45, 7) is 1.97. The quantitative estimate of drug-likeness (QED) is 0.503. The van der Waals surface area contributed by atoms with Crippen LogP contribution in [0.2, 0.25) is 0 Å². The first-order valence-corrected chi connectivity index (χ1v) is 10.5. The molecule has 0 N–H and O–H groups in total. The van der Waals surface area contributed by atoms with Crippen molar-refractivity contribution in [3.8, 4) is 22.8 Å². The fraction of sp³-hybridized carbons (Fsp3) is 0.292. The minimum absolute atomic E-state index is 0.191. The molecule has 158 valence electrons. The molecule has 2 aromatic carbocycles. The molecule has 0 fully saturated rings. The van der Waals surface area contributed by atoms with Gasteiger partial charge in [0.25, 0.3) is 0 Å². The number of aryl methyl sites for hydroxylation is 3. The number of imidazole rings is 1. The number of nitrogens with zero attached hydrogens (tertiary/aromatic N) is 6. The second kappa shape index (κ2) is 7.58. The predicted octanol–water partition coefficient (Wildman–Crippen LogP) is 4.11. The van der Waals surface area contributed by atoms with Gasteiger partial charge in [0.15, 0.2) is 5.82 Å². The number of fused-ring (bicyclic) bond motifs is 1. The van der Waals surface area contributed by atoms with Crippen molar-refractivity contribution in [2.75, 3.05) is 19.1 Å². The molecule has 1 aliphatic heterocycles. The Morgan fingerprint density at radius 1 is 1.06 bits per heavy atom. The van der Waals surface area contributed by atoms with E-state index >= 15 is 0 Å². The molecule has 0 spiro atoms. The number of para-hydroxylation sites is 1. The molecule has 1 atom stereocenters. The fourth-order valence-corrected chi connectivity index (χ4v) is 4.41. The molecule has 0 bridgehead atoms. The molecule has 0 radical (unpaired) electrons. The van der Waals surface area contributed by atoms with Crippen LogP contribution in [0.5, 0.6) is 5.75 Å². The van der Waals surface area contributed by atoms with Gasteiger partial charge in [0, 0.05) is 31.5 Å². The minimum atomic E-state index is 0.191. The molecule has 0 aliphatic carbocycles. The van der Waals surface area contributed by atoms with E-state index in [4.69, 9.17) is 14.8 Å². The van der Waals surface area contributed by atoms with Crippen LogP contribution in [0, 0.1) is 6.92 Å². The Kier molecular flexibility index (Phi) is 4.73. The standard InChI is InChI=1S/C24H26N6O/c1-16-14-30(15-25-16)20-11-10-18(13-22(20)31-4)23-26-24(29(3)27-23)21-12-9-17-7-5-6-8-19(17)28(21)2/h5-8,10-11,13-15,21H,9,12H2,1-4H3. The molecule has 31 heavy (non-hydrogen) atoms. The van der Waals surface area contributed by atoms with Crippen LogP contribution >= 0.6 is 0 Å². The molecule has 2 aromatic heterocycles. The lowest BCUT2D eigenvalue weighted by Gasteiger charge is -2.35. The minimum Gasteiger partial charge on any atom is -0.495 e. The number of hydrogen-bond donors (Lipinski definition) is 0. The van der Waals surface area contributed by atoms with E-state index in [2.05, 4.69) is 41.2 Å². The molecule has 5 rings (SSSR count). The Balaban J connectivity index is 1.49. The summed E-state index contributed by atoms with van der Waals surface area (Å²) in [6.07, 6.45) is 5.83. The van der Waals surface area contributed by atoms with E-state index in [1.54, 1.807) is 13.4 Å². The van der Waals surface area contributed by atoms with Gasteiger partial charge in [-0.3, -0.25) is 4.68 Å². The topological polar surface area (TPSA) is 61.0 Å². The number of methoxy groups -OCH3 is 1. The highest BCUT2D eigenvalue weighted by atomic mass is 16.5. The highest BCUT2D eigenvalue weighted by Crippen LogP contribution is 2.37. The molecule has 0 saturated heterocycles. The molecular weight excluding hydrogens is 388 g/mol. The maximum atomic E-state index is 5.66. The molecule has 4 aromatic rings. The predicted molar refractivity (Wildman–Crippen MR) is 121 cm³/mol. The fourth-order valence-electron chi connectivity index (χ4n) is 4.41. The molecule has 1 unspecified atom stereocenters. The van der Waals surface area contributed by atoms with Gasteiger partial charge in [-0.05, 0) is 49.6 Å². The lowest BCUT2D eigenvalue weighted by molar-refractivity contribution is 0.413. The van der Waals surface area contributed by atoms with Crippen LogP contribution in [-0.2, 0) is 13.5 Å². The lowest BCUT2D eigenvalue weighted by Crippen LogP contribution is -2.31. The summed E-state index contributed by atoms with van der Waals surface area (Å²) in [5.41, 5.74) is 5.48. The summed E-state index contributed by atoms with van der Waals surface area (Å²) in [5, 5.41) is 4.73. The Labute approximate surface area is 181 Å². The van der Waals surface area contributed by atoms with Crippen LogP contribution in [-0.4, -0.2) is 38.5 Å². The number of ether oxygens (including phenoxy) is 1. The monoisotopic (exact) mass is 414 g/mol. The normalized spacial score (nSPS) is 15.7. The van der Waals surface area contributed by atoms with E-state index in [1.165, 1.54) is 11.3 Å². The van der Waals surface area contributed by atoms with Crippen molar-refractivity contribution < 1.29 is 4.74 Å². The van der Waals surface area contributed by atoms with E-state index in [1.807, 2.05) is 47.6 Å². The van der Waals surface area contributed by atoms with Crippen LogP contribution in [0.3, 0.4) is 0 Å². The number of hydrogen-bond acceptors (Lipinski definition) is 5. The SMILES string of the molecule is COc1cc(-c2nc(C3CCc4ccccc4N3C)n(C)n2)ccc1-n1cnc(C)c1. The Morgan fingerprint density at radius 2 is 1.90 bits per heavy atom. The first-order valence-electron chi connectivity index (χ1n) is 10.5. The smallest absolute Gasteiger partial charge is 0.181 e. The maximum absolute atomic E-state index is 5.66. The van der Waals surface area contributed by atoms with Gasteiger partial charge >= 0.3 is 0 Å². The third-order valence-corrected chi connectivity index (χ3v) is 6.05. The Bertz CT molecular complexity index is 1240. The first kappa shape index (κ1) is 19.4. The van der Waals surface area contributed by atoms with Crippen molar-refractivity contribution in [1.82, 2.24) is 24.3 Å². The largest absolute Gasteiger partial charge is 0.495 e. The molecule has 1 aliphatic rings. The summed E-state index contributed by atoms with van der Waals surface area (Å²) in [6, 6.07) is 14.8. The van der Waals surface area contributed by atoms with Crippen molar-refractivity contribution in [2.45, 2.75) is 25.8 Å². The van der Waals surface area contributed by atoms with Crippen LogP contribution < -0.4 is 9.64 Å². The van der Waals surface area contributed by atoms with Crippen LogP contribution in [0.4, 0.5) is 5.69 Å². The van der Waals surface area contributed by atoms with Gasteiger partial charge in [-0.1, -0.05) is 18.2 Å². The van der Waals surface area contributed by atoms with E-state index in [-0.39, 0.29) is 6.04 Å². The summed E-state index contributed by atoms with van der Waals surface area (Å²) in [7, 11) is 5.79. The number of rotatable bonds is 4. The molecule has 7 nitrogen and oxygen atoms in total. The second-order valence-corrected chi connectivity index (χ2v) is 8.02. The van der Waals surface area contributed by atoms with E-state index in [9.17, 15) is 0 Å². The van der Waals surface area contributed by atoms with Gasteiger partial charge < -0.3 is 14.2 Å². The van der Waals surface area contributed by atoms with E-state index < -0.39 is 0 Å². The van der Waals surface area contributed by atoms with Gasteiger partial charge in [0.05, 0.1) is 30.9 Å². The number of anilines is 1. The third kappa shape index (κ3) is 3.36. The van der Waals surface area contributed by atoms with Crippen molar-refractivity contribution in [1.29, 1.82) is 0 Å². The van der Waals surface area contributed by atoms with Gasteiger partial charge in [0.2, 0.25) is 0 Å². The van der Waals surface area contributed by atoms with Crippen LogP contribution in [0.15, 0.2) is 55.0 Å². The lowest BCUT2D eigenvalue weighted by atomic mass is 9.96. The maximum Gasteiger partial charge on any atom is 0.181 e. The third-order valence-electron chi connectivity index (χ3n) is 6.05. The molecular formula is C24H26N6O. The molecule has 3 heterocycles. The summed E-state index contributed by atoms with van der Waals surface area (Å²) in [5.74, 6) is 2.43. The van der Waals surface area contributed by atoms with E-state index in [0.717, 1.165) is 41.4 Å². The van der Waals surface area contributed by atoms with Crippen molar-refractivity contribution in [3.63, 3.8) is 0 Å². The highest BCUT2D eigenvalue weighted by molar-refractivity contribution is 5.63. The van der Waals surface area contributed by atoms with Crippen molar-refractivity contribution in [2.24, 2.45) is 7.05 Å². The zero-order chi connectivity index (χ0) is 21.5. The summed E-state index contributed by atoms with van der Waals surface area (Å²) < 4.78 is 9.53. The number of aromatic nitrogens is 5. The average molecular weight is 415 g/mol. The summed E-state index contributed by atoms with van der Waals surface area (Å²) >= 11 is 0. The Morgan fingerprint density at radius 3 is 2.68 bits per heavy atom. The van der Waals surface area contributed by atoms with Gasteiger partial charge in [-0.2, -0.15) is 5.10 Å². The first-order chi connectivity index (χ1) is 15.0. The van der Waals surface area contributed by atoms with Crippen LogP contribution in [0.25, 0.3) is 17.1 Å². The second-order valence-electron chi connectivity index (χ2n) is 8.02. The van der Waals surface area contributed by atoms with Gasteiger partial charge in [-0.25, -0.2) is 9.97 Å². The van der Waals surface area contributed by atoms with Crippen molar-refractivity contribution >= 4 is 5.69 Å². The highest BCUT2D eigenvalue weighted by Gasteiger charge is 2.28. The van der Waals surface area contributed by atoms with E-state index in [0.29, 0.717) is 5.82 Å². The molecule has 0 amide bonds. The average Bonchev–Trinajstić information content (AvgIpc) is 3.39. The van der Waals surface area contributed by atoms with Crippen molar-refractivity contribution in [3.05, 3.63) is 72.1 Å². The molecule has 7 heteroatoms. The Hall–Kier alpha value is -3.61. The van der Waals surface area contributed by atoms with Crippen LogP contribution in [0.1, 0.15) is 29.5 Å².